The number of phenols is 1. The van der Waals surface area contributed by atoms with E-state index < -0.39 is 0 Å². The quantitative estimate of drug-likeness (QED) is 0.575. The Balaban J connectivity index is 0.00000169. The predicted octanol–water partition coefficient (Wildman–Crippen LogP) is 1.66. The largest absolute Gasteiger partial charge is 0.508 e. The van der Waals surface area contributed by atoms with Crippen LogP contribution in [-0.2, 0) is 6.42 Å². The third-order valence-corrected chi connectivity index (χ3v) is 1.90. The number of phenolic OH excluding ortho intramolecular Hbond substituents is 1. The zero-order valence-electron chi connectivity index (χ0n) is 7.94. The average molecular weight is 197 g/mol. The van der Waals surface area contributed by atoms with Crippen molar-refractivity contribution in [2.24, 2.45) is 5.18 Å². The van der Waals surface area contributed by atoms with Gasteiger partial charge in [0.2, 0.25) is 0 Å². The summed E-state index contributed by atoms with van der Waals surface area (Å²) >= 11 is 0. The summed E-state index contributed by atoms with van der Waals surface area (Å²) < 4.78 is 0. The summed E-state index contributed by atoms with van der Waals surface area (Å²) in [5, 5.41) is 11.8. The molecule has 0 heterocycles. The monoisotopic (exact) mass is 197 g/mol. The van der Waals surface area contributed by atoms with E-state index in [1.165, 1.54) is 5.56 Å². The number of aryl methyl sites for hydroxylation is 1. The van der Waals surface area contributed by atoms with Gasteiger partial charge in [-0.05, 0) is 37.0 Å². The first-order valence-corrected chi connectivity index (χ1v) is 4.40. The fourth-order valence-electron chi connectivity index (χ4n) is 1.17. The molecular weight excluding hydrogens is 182 g/mol. The van der Waals surface area contributed by atoms with Crippen LogP contribution in [-0.4, -0.2) is 17.1 Å². The highest BCUT2D eigenvalue weighted by molar-refractivity contribution is 5.25. The Labute approximate surface area is 82.9 Å². The second-order valence-corrected chi connectivity index (χ2v) is 2.98. The maximum atomic E-state index is 9.78. The molecule has 0 atom stereocenters. The van der Waals surface area contributed by atoms with Crippen molar-refractivity contribution in [2.45, 2.75) is 19.3 Å². The fraction of sp³-hybridized carbons (Fsp3) is 0.400. The van der Waals surface area contributed by atoms with Crippen molar-refractivity contribution in [3.8, 4) is 5.75 Å². The number of hydrogen-bond donors (Lipinski definition) is 1. The number of nitrogens with zero attached hydrogens (tertiary/aromatic N) is 1. The van der Waals surface area contributed by atoms with Gasteiger partial charge in [-0.2, -0.15) is 4.91 Å². The molecule has 14 heavy (non-hydrogen) atoms. The maximum absolute atomic E-state index is 9.78. The third kappa shape index (κ3) is 4.57. The number of aromatic hydroxyl groups is 1. The first-order chi connectivity index (χ1) is 6.33. The van der Waals surface area contributed by atoms with Crippen molar-refractivity contribution in [2.75, 3.05) is 6.54 Å². The van der Waals surface area contributed by atoms with Gasteiger partial charge < -0.3 is 10.6 Å². The molecule has 0 fully saturated rings. The summed E-state index contributed by atoms with van der Waals surface area (Å²) in [5.74, 6) is 0.290. The van der Waals surface area contributed by atoms with E-state index in [1.54, 1.807) is 12.1 Å². The van der Waals surface area contributed by atoms with Crippen LogP contribution in [0.3, 0.4) is 0 Å². The molecule has 78 valence electrons. The minimum absolute atomic E-state index is 0. The van der Waals surface area contributed by atoms with Crippen molar-refractivity contribution in [3.05, 3.63) is 34.7 Å². The molecule has 0 radical (unpaired) electrons. The van der Waals surface area contributed by atoms with Crippen molar-refractivity contribution >= 4 is 0 Å². The van der Waals surface area contributed by atoms with Crippen molar-refractivity contribution < 1.29 is 10.6 Å². The van der Waals surface area contributed by atoms with E-state index in [-0.39, 0.29) is 5.48 Å². The molecule has 0 aliphatic carbocycles. The van der Waals surface area contributed by atoms with Gasteiger partial charge >= 0.3 is 0 Å². The molecule has 0 bridgehead atoms. The predicted molar refractivity (Wildman–Crippen MR) is 55.3 cm³/mol. The van der Waals surface area contributed by atoms with Crippen molar-refractivity contribution in [3.63, 3.8) is 0 Å². The second-order valence-electron chi connectivity index (χ2n) is 2.98. The Hall–Kier alpha value is -1.42. The fourth-order valence-corrected chi connectivity index (χ4v) is 1.17. The smallest absolute Gasteiger partial charge is 0.115 e. The zero-order valence-corrected chi connectivity index (χ0v) is 7.94. The molecule has 0 aromatic heterocycles. The van der Waals surface area contributed by atoms with E-state index in [2.05, 4.69) is 5.18 Å². The van der Waals surface area contributed by atoms with Crippen LogP contribution >= 0.6 is 0 Å². The molecule has 0 spiro atoms. The standard InChI is InChI=1S/C10H13NO2.H2O/c12-10-6-4-9(5-7-10)3-1-2-8-11-13;/h4-7,12H,1-3,8H2;1H2. The Morgan fingerprint density at radius 1 is 1.14 bits per heavy atom. The normalized spacial score (nSPS) is 9.14. The van der Waals surface area contributed by atoms with E-state index in [9.17, 15) is 4.91 Å². The number of unbranched alkanes of at least 4 members (excludes halogenated alkanes) is 1. The highest BCUT2D eigenvalue weighted by atomic mass is 16.3. The Morgan fingerprint density at radius 3 is 2.36 bits per heavy atom. The zero-order chi connectivity index (χ0) is 9.52. The van der Waals surface area contributed by atoms with Crippen LogP contribution in [0.4, 0.5) is 0 Å². The van der Waals surface area contributed by atoms with Crippen LogP contribution in [0.15, 0.2) is 29.4 Å². The van der Waals surface area contributed by atoms with Crippen LogP contribution in [0.5, 0.6) is 5.75 Å². The molecule has 0 aliphatic rings. The molecule has 0 saturated heterocycles. The molecule has 0 amide bonds. The topological polar surface area (TPSA) is 81.2 Å². The van der Waals surface area contributed by atoms with E-state index in [0.717, 1.165) is 19.3 Å². The average Bonchev–Trinajstić information content (AvgIpc) is 2.15. The van der Waals surface area contributed by atoms with Gasteiger partial charge in [0.1, 0.15) is 5.75 Å². The molecule has 1 rings (SSSR count). The summed E-state index contributed by atoms with van der Waals surface area (Å²) in [5.41, 5.74) is 1.18. The van der Waals surface area contributed by atoms with Crippen molar-refractivity contribution in [1.29, 1.82) is 0 Å². The van der Waals surface area contributed by atoms with Gasteiger partial charge in [-0.1, -0.05) is 17.3 Å². The van der Waals surface area contributed by atoms with Crippen LogP contribution in [0, 0.1) is 4.91 Å². The van der Waals surface area contributed by atoms with Gasteiger partial charge in [-0.15, -0.1) is 0 Å². The lowest BCUT2D eigenvalue weighted by molar-refractivity contribution is 0.475. The lowest BCUT2D eigenvalue weighted by Gasteiger charge is -1.99. The lowest BCUT2D eigenvalue weighted by Crippen LogP contribution is -1.86. The summed E-state index contributed by atoms with van der Waals surface area (Å²) in [6, 6.07) is 7.13. The van der Waals surface area contributed by atoms with E-state index in [0.29, 0.717) is 12.3 Å². The summed E-state index contributed by atoms with van der Waals surface area (Å²) in [7, 11) is 0. The SMILES string of the molecule is O.O=NCCCCc1ccc(O)cc1. The number of hydrogen-bond acceptors (Lipinski definition) is 3. The Morgan fingerprint density at radius 2 is 1.79 bits per heavy atom. The van der Waals surface area contributed by atoms with Gasteiger partial charge in [0.05, 0.1) is 6.54 Å². The number of benzene rings is 1. The summed E-state index contributed by atoms with van der Waals surface area (Å²) in [4.78, 5) is 9.78. The molecular formula is C10H15NO3. The molecule has 1 aromatic carbocycles. The van der Waals surface area contributed by atoms with Crippen LogP contribution in [0.1, 0.15) is 18.4 Å². The van der Waals surface area contributed by atoms with E-state index in [1.807, 2.05) is 12.1 Å². The Kier molecular flexibility index (Phi) is 6.32. The maximum Gasteiger partial charge on any atom is 0.115 e. The van der Waals surface area contributed by atoms with Gasteiger partial charge in [0.25, 0.3) is 0 Å². The van der Waals surface area contributed by atoms with Crippen molar-refractivity contribution in [1.82, 2.24) is 0 Å². The van der Waals surface area contributed by atoms with Gasteiger partial charge in [0, 0.05) is 0 Å². The highest BCUT2D eigenvalue weighted by Crippen LogP contribution is 2.11. The molecule has 4 nitrogen and oxygen atoms in total. The van der Waals surface area contributed by atoms with Crippen LogP contribution in [0.25, 0.3) is 0 Å². The van der Waals surface area contributed by atoms with Gasteiger partial charge in [-0.3, -0.25) is 0 Å². The third-order valence-electron chi connectivity index (χ3n) is 1.90. The highest BCUT2D eigenvalue weighted by Gasteiger charge is 1.93. The summed E-state index contributed by atoms with van der Waals surface area (Å²) in [6.45, 7) is 0.401. The van der Waals surface area contributed by atoms with Crippen LogP contribution in [0.2, 0.25) is 0 Å². The first-order valence-electron chi connectivity index (χ1n) is 4.40. The lowest BCUT2D eigenvalue weighted by atomic mass is 10.1. The molecule has 0 saturated carbocycles. The molecule has 0 unspecified atom stereocenters. The van der Waals surface area contributed by atoms with E-state index >= 15 is 0 Å². The molecule has 3 N–H and O–H groups in total. The second kappa shape index (κ2) is 7.03. The molecule has 1 aromatic rings. The number of nitroso groups, excluding NO2 is 1. The van der Waals surface area contributed by atoms with Gasteiger partial charge in [-0.25, -0.2) is 0 Å². The first kappa shape index (κ1) is 12.6. The number of rotatable bonds is 5. The Bertz CT molecular complexity index is 259. The van der Waals surface area contributed by atoms with Crippen LogP contribution < -0.4 is 0 Å². The molecule has 0 aliphatic heterocycles. The minimum atomic E-state index is 0. The molecule has 4 heteroatoms. The van der Waals surface area contributed by atoms with E-state index in [4.69, 9.17) is 5.11 Å². The van der Waals surface area contributed by atoms with Gasteiger partial charge in [0.15, 0.2) is 0 Å². The summed E-state index contributed by atoms with van der Waals surface area (Å²) in [6.07, 6.45) is 2.75. The minimum Gasteiger partial charge on any atom is -0.508 e.